The number of nitrogens with two attached hydrogens (primary N) is 1. The third kappa shape index (κ3) is 2.71. The smallest absolute Gasteiger partial charge is 0.0338 e. The first-order chi connectivity index (χ1) is 9.34. The van der Waals surface area contributed by atoms with Gasteiger partial charge in [-0.25, -0.2) is 0 Å². The summed E-state index contributed by atoms with van der Waals surface area (Å²) in [4.78, 5) is 0. The molecule has 0 radical (unpaired) electrons. The predicted octanol–water partition coefficient (Wildman–Crippen LogP) is 4.20. The molecule has 0 aromatic heterocycles. The Bertz CT molecular complexity index is 528. The zero-order chi connectivity index (χ0) is 13.1. The van der Waals surface area contributed by atoms with Crippen molar-refractivity contribution in [2.75, 3.05) is 0 Å². The van der Waals surface area contributed by atoms with Gasteiger partial charge in [0.25, 0.3) is 0 Å². The number of hydrogen-bond acceptors (Lipinski definition) is 1. The van der Waals surface area contributed by atoms with E-state index in [9.17, 15) is 0 Å². The second kappa shape index (κ2) is 5.58. The molecule has 1 saturated carbocycles. The van der Waals surface area contributed by atoms with Gasteiger partial charge in [0.1, 0.15) is 0 Å². The summed E-state index contributed by atoms with van der Waals surface area (Å²) >= 11 is 0. The van der Waals surface area contributed by atoms with Crippen LogP contribution in [0.3, 0.4) is 0 Å². The van der Waals surface area contributed by atoms with Crippen LogP contribution in [0.1, 0.15) is 47.9 Å². The quantitative estimate of drug-likeness (QED) is 0.866. The van der Waals surface area contributed by atoms with Gasteiger partial charge in [0, 0.05) is 6.04 Å². The third-order valence-corrected chi connectivity index (χ3v) is 4.24. The van der Waals surface area contributed by atoms with Gasteiger partial charge in [-0.1, -0.05) is 61.0 Å². The Hall–Kier alpha value is -1.60. The van der Waals surface area contributed by atoms with Crippen LogP contribution in [0.2, 0.25) is 0 Å². The molecule has 2 N–H and O–H groups in total. The van der Waals surface area contributed by atoms with Gasteiger partial charge in [-0.15, -0.1) is 0 Å². The van der Waals surface area contributed by atoms with Crippen molar-refractivity contribution < 1.29 is 0 Å². The highest BCUT2D eigenvalue weighted by Crippen LogP contribution is 2.39. The highest BCUT2D eigenvalue weighted by atomic mass is 14.6. The average Bonchev–Trinajstić information content (AvgIpc) is 2.38. The highest BCUT2D eigenvalue weighted by molar-refractivity contribution is 5.35. The van der Waals surface area contributed by atoms with Crippen LogP contribution in [0.5, 0.6) is 0 Å². The van der Waals surface area contributed by atoms with Crippen molar-refractivity contribution in [2.24, 2.45) is 5.73 Å². The summed E-state index contributed by atoms with van der Waals surface area (Å²) in [6, 6.07) is 19.4. The molecule has 0 bridgehead atoms. The van der Waals surface area contributed by atoms with Crippen LogP contribution in [0, 0.1) is 0 Å². The van der Waals surface area contributed by atoms with E-state index in [1.807, 2.05) is 0 Å². The van der Waals surface area contributed by atoms with Gasteiger partial charge in [-0.2, -0.15) is 0 Å². The fraction of sp³-hybridized carbons (Fsp3) is 0.333. The van der Waals surface area contributed by atoms with Crippen molar-refractivity contribution in [3.63, 3.8) is 0 Å². The van der Waals surface area contributed by atoms with Crippen molar-refractivity contribution in [3.8, 4) is 0 Å². The summed E-state index contributed by atoms with van der Waals surface area (Å²) in [6.07, 6.45) is 4.95. The maximum Gasteiger partial charge on any atom is 0.0338 e. The topological polar surface area (TPSA) is 26.0 Å². The normalized spacial score (nSPS) is 16.9. The Morgan fingerprint density at radius 1 is 0.947 bits per heavy atom. The van der Waals surface area contributed by atoms with E-state index < -0.39 is 0 Å². The van der Waals surface area contributed by atoms with Crippen LogP contribution >= 0.6 is 0 Å². The minimum Gasteiger partial charge on any atom is -0.324 e. The molecule has 1 aliphatic rings. The summed E-state index contributed by atoms with van der Waals surface area (Å²) in [5.41, 5.74) is 10.6. The predicted molar refractivity (Wildman–Crippen MR) is 80.1 cm³/mol. The van der Waals surface area contributed by atoms with Gasteiger partial charge in [0.15, 0.2) is 0 Å². The molecule has 0 aliphatic heterocycles. The van der Waals surface area contributed by atoms with Crippen LogP contribution < -0.4 is 5.73 Å². The second-order valence-electron chi connectivity index (χ2n) is 5.55. The molecule has 1 atom stereocenters. The van der Waals surface area contributed by atoms with E-state index in [0.29, 0.717) is 0 Å². The van der Waals surface area contributed by atoms with Crippen molar-refractivity contribution >= 4 is 0 Å². The minimum absolute atomic E-state index is 0.110. The van der Waals surface area contributed by atoms with E-state index in [1.54, 1.807) is 0 Å². The molecule has 1 heteroatoms. The van der Waals surface area contributed by atoms with Crippen molar-refractivity contribution in [3.05, 3.63) is 71.3 Å². The first kappa shape index (κ1) is 12.4. The summed E-state index contributed by atoms with van der Waals surface area (Å²) in [7, 11) is 0. The zero-order valence-electron chi connectivity index (χ0n) is 11.3. The molecular weight excluding hydrogens is 230 g/mol. The molecule has 1 aliphatic carbocycles. The minimum atomic E-state index is 0.110. The van der Waals surface area contributed by atoms with E-state index >= 15 is 0 Å². The van der Waals surface area contributed by atoms with Gasteiger partial charge in [-0.05, 0) is 41.9 Å². The van der Waals surface area contributed by atoms with Gasteiger partial charge in [-0.3, -0.25) is 0 Å². The maximum absolute atomic E-state index is 6.44. The molecule has 2 aromatic carbocycles. The van der Waals surface area contributed by atoms with E-state index in [-0.39, 0.29) is 6.04 Å². The third-order valence-electron chi connectivity index (χ3n) is 4.24. The van der Waals surface area contributed by atoms with Crippen LogP contribution in [0.25, 0.3) is 0 Å². The lowest BCUT2D eigenvalue weighted by Gasteiger charge is -2.29. The van der Waals surface area contributed by atoms with Gasteiger partial charge >= 0.3 is 0 Å². The standard InChI is InChI=1S/C18H21N/c19-18(13-14-7-2-1-3-8-14)17-12-5-4-11-16(17)15-9-6-10-15/h1-5,7-8,11-12,15,18H,6,9-10,13,19H2. The van der Waals surface area contributed by atoms with Gasteiger partial charge < -0.3 is 5.73 Å². The summed E-state index contributed by atoms with van der Waals surface area (Å²) in [6.45, 7) is 0. The molecule has 1 fully saturated rings. The summed E-state index contributed by atoms with van der Waals surface area (Å²) < 4.78 is 0. The van der Waals surface area contributed by atoms with Gasteiger partial charge in [0.05, 0.1) is 0 Å². The lowest BCUT2D eigenvalue weighted by atomic mass is 9.77. The van der Waals surface area contributed by atoms with E-state index in [2.05, 4.69) is 54.6 Å². The molecule has 0 heterocycles. The molecular formula is C18H21N. The molecule has 19 heavy (non-hydrogen) atoms. The number of rotatable bonds is 4. The van der Waals surface area contributed by atoms with Crippen LogP contribution in [-0.2, 0) is 6.42 Å². The number of hydrogen-bond donors (Lipinski definition) is 1. The van der Waals surface area contributed by atoms with Crippen LogP contribution in [0.4, 0.5) is 0 Å². The molecule has 0 saturated heterocycles. The zero-order valence-corrected chi connectivity index (χ0v) is 11.3. The number of benzene rings is 2. The molecule has 1 nitrogen and oxygen atoms in total. The van der Waals surface area contributed by atoms with E-state index in [1.165, 1.54) is 36.0 Å². The average molecular weight is 251 g/mol. The molecule has 3 rings (SSSR count). The lowest BCUT2D eigenvalue weighted by Crippen LogP contribution is -2.19. The fourth-order valence-corrected chi connectivity index (χ4v) is 2.92. The van der Waals surface area contributed by atoms with Crippen LogP contribution in [0.15, 0.2) is 54.6 Å². The summed E-state index contributed by atoms with van der Waals surface area (Å²) in [5.74, 6) is 0.748. The van der Waals surface area contributed by atoms with Crippen LogP contribution in [-0.4, -0.2) is 0 Å². The maximum atomic E-state index is 6.44. The van der Waals surface area contributed by atoms with E-state index in [0.717, 1.165) is 12.3 Å². The molecule has 2 aromatic rings. The first-order valence-electron chi connectivity index (χ1n) is 7.23. The first-order valence-corrected chi connectivity index (χ1v) is 7.23. The SMILES string of the molecule is NC(Cc1ccccc1)c1ccccc1C1CCC1. The lowest BCUT2D eigenvalue weighted by molar-refractivity contribution is 0.415. The van der Waals surface area contributed by atoms with Crippen molar-refractivity contribution in [1.29, 1.82) is 0 Å². The Labute approximate surface area is 115 Å². The Morgan fingerprint density at radius 2 is 1.63 bits per heavy atom. The van der Waals surface area contributed by atoms with E-state index in [4.69, 9.17) is 5.73 Å². The van der Waals surface area contributed by atoms with Crippen molar-refractivity contribution in [2.45, 2.75) is 37.6 Å². The molecule has 0 spiro atoms. The summed E-state index contributed by atoms with van der Waals surface area (Å²) in [5, 5.41) is 0. The Kier molecular flexibility index (Phi) is 3.65. The molecule has 1 unspecified atom stereocenters. The Morgan fingerprint density at radius 3 is 2.32 bits per heavy atom. The Balaban J connectivity index is 1.81. The highest BCUT2D eigenvalue weighted by Gasteiger charge is 2.23. The fourth-order valence-electron chi connectivity index (χ4n) is 2.92. The molecule has 98 valence electrons. The van der Waals surface area contributed by atoms with Crippen molar-refractivity contribution in [1.82, 2.24) is 0 Å². The molecule has 0 amide bonds. The largest absolute Gasteiger partial charge is 0.324 e. The monoisotopic (exact) mass is 251 g/mol. The van der Waals surface area contributed by atoms with Gasteiger partial charge in [0.2, 0.25) is 0 Å². The second-order valence-corrected chi connectivity index (χ2v) is 5.55.